The summed E-state index contributed by atoms with van der Waals surface area (Å²) in [5, 5.41) is 4.68. The van der Waals surface area contributed by atoms with Crippen LogP contribution in [0.25, 0.3) is 0 Å². The molecule has 0 bridgehead atoms. The lowest BCUT2D eigenvalue weighted by Gasteiger charge is -2.34. The molecule has 0 spiro atoms. The highest BCUT2D eigenvalue weighted by Crippen LogP contribution is 2.29. The van der Waals surface area contributed by atoms with Crippen LogP contribution in [0.3, 0.4) is 0 Å². The Balaban J connectivity index is 1.56. The minimum Gasteiger partial charge on any atom is -0.336 e. The Morgan fingerprint density at radius 1 is 1.12 bits per heavy atom. The normalized spacial score (nSPS) is 16.2. The fourth-order valence-electron chi connectivity index (χ4n) is 2.70. The molecule has 1 aromatic carbocycles. The van der Waals surface area contributed by atoms with E-state index >= 15 is 0 Å². The van der Waals surface area contributed by atoms with Crippen LogP contribution in [0.1, 0.15) is 15.9 Å². The third-order valence-corrected chi connectivity index (χ3v) is 4.26. The molecule has 1 amide bonds. The second-order valence-corrected chi connectivity index (χ2v) is 6.26. The average molecular weight is 373 g/mol. The molecule has 9 heteroatoms. The molecule has 25 heavy (non-hydrogen) atoms. The number of amides is 1. The zero-order valence-corrected chi connectivity index (χ0v) is 14.0. The van der Waals surface area contributed by atoms with Crippen molar-refractivity contribution in [3.63, 3.8) is 0 Å². The number of alkyl halides is 3. The lowest BCUT2D eigenvalue weighted by atomic mass is 10.1. The first-order valence-electron chi connectivity index (χ1n) is 7.70. The summed E-state index contributed by atoms with van der Waals surface area (Å²) in [5.74, 6) is -0.254. The van der Waals surface area contributed by atoms with Gasteiger partial charge in [0, 0.05) is 37.9 Å². The number of halogens is 4. The van der Waals surface area contributed by atoms with Crippen LogP contribution in [0.5, 0.6) is 0 Å². The topological polar surface area (TPSA) is 41.4 Å². The van der Waals surface area contributed by atoms with E-state index in [4.69, 9.17) is 11.6 Å². The molecule has 0 radical (unpaired) electrons. The third kappa shape index (κ3) is 4.32. The van der Waals surface area contributed by atoms with Gasteiger partial charge in [0.15, 0.2) is 0 Å². The van der Waals surface area contributed by atoms with Crippen LogP contribution < -0.4 is 0 Å². The lowest BCUT2D eigenvalue weighted by molar-refractivity contribution is -0.137. The summed E-state index contributed by atoms with van der Waals surface area (Å²) in [7, 11) is 0. The summed E-state index contributed by atoms with van der Waals surface area (Å²) >= 11 is 5.82. The van der Waals surface area contributed by atoms with Gasteiger partial charge in [0.1, 0.15) is 0 Å². The quantitative estimate of drug-likeness (QED) is 0.831. The van der Waals surface area contributed by atoms with Gasteiger partial charge in [0.2, 0.25) is 0 Å². The van der Waals surface area contributed by atoms with Gasteiger partial charge in [0.25, 0.3) is 5.91 Å². The predicted molar refractivity (Wildman–Crippen MR) is 86.2 cm³/mol. The Morgan fingerprint density at radius 3 is 2.28 bits per heavy atom. The first-order valence-corrected chi connectivity index (χ1v) is 8.07. The molecule has 5 nitrogen and oxygen atoms in total. The molecule has 0 unspecified atom stereocenters. The number of aromatic nitrogens is 2. The van der Waals surface area contributed by atoms with Gasteiger partial charge in [-0.15, -0.1) is 0 Å². The first-order chi connectivity index (χ1) is 11.8. The summed E-state index contributed by atoms with van der Waals surface area (Å²) in [5.41, 5.74) is -0.493. The summed E-state index contributed by atoms with van der Waals surface area (Å²) in [6.45, 7) is 2.91. The van der Waals surface area contributed by atoms with Gasteiger partial charge < -0.3 is 4.90 Å². The van der Waals surface area contributed by atoms with Crippen LogP contribution in [0.2, 0.25) is 5.02 Å². The summed E-state index contributed by atoms with van der Waals surface area (Å²) in [4.78, 5) is 16.2. The molecule has 1 aliphatic heterocycles. The van der Waals surface area contributed by atoms with E-state index in [0.29, 0.717) is 37.9 Å². The fourth-order valence-corrected chi connectivity index (χ4v) is 2.85. The van der Waals surface area contributed by atoms with Crippen molar-refractivity contribution in [2.24, 2.45) is 0 Å². The number of nitrogens with zero attached hydrogens (tertiary/aromatic N) is 4. The van der Waals surface area contributed by atoms with Gasteiger partial charge in [-0.05, 0) is 24.3 Å². The second kappa shape index (κ2) is 7.05. The molecular formula is C16H16ClF3N4O. The molecule has 1 aliphatic rings. The van der Waals surface area contributed by atoms with Gasteiger partial charge >= 0.3 is 6.18 Å². The summed E-state index contributed by atoms with van der Waals surface area (Å²) in [6.07, 6.45) is -1.12. The van der Waals surface area contributed by atoms with E-state index < -0.39 is 11.7 Å². The fraction of sp³-hybridized carbons (Fsp3) is 0.375. The highest BCUT2D eigenvalue weighted by atomic mass is 35.5. The Labute approximate surface area is 147 Å². The van der Waals surface area contributed by atoms with Gasteiger partial charge in [-0.2, -0.15) is 18.3 Å². The number of carbonyl (C=O) groups is 1. The summed E-state index contributed by atoms with van der Waals surface area (Å²) < 4.78 is 39.5. The van der Waals surface area contributed by atoms with Crippen molar-refractivity contribution in [1.29, 1.82) is 0 Å². The van der Waals surface area contributed by atoms with Gasteiger partial charge in [0.05, 0.1) is 23.5 Å². The monoisotopic (exact) mass is 372 g/mol. The maximum absolute atomic E-state index is 12.6. The van der Waals surface area contributed by atoms with E-state index in [1.165, 1.54) is 12.1 Å². The van der Waals surface area contributed by atoms with Gasteiger partial charge in [-0.25, -0.2) is 0 Å². The second-order valence-electron chi connectivity index (χ2n) is 5.82. The standard InChI is InChI=1S/C16H16ClF3N4O/c17-14-9-21-24(10-14)11-22-5-7-23(8-6-22)15(25)12-1-3-13(4-2-12)16(18,19)20/h1-4,9-10H,5-8,11H2. The van der Waals surface area contributed by atoms with E-state index in [0.717, 1.165) is 12.1 Å². The van der Waals surface area contributed by atoms with E-state index in [2.05, 4.69) is 10.00 Å². The molecular weight excluding hydrogens is 357 g/mol. The maximum atomic E-state index is 12.6. The SMILES string of the molecule is O=C(c1ccc(C(F)(F)F)cc1)N1CCN(Cn2cc(Cl)cn2)CC1. The van der Waals surface area contributed by atoms with Crippen molar-refractivity contribution >= 4 is 17.5 Å². The number of carbonyl (C=O) groups excluding carboxylic acids is 1. The smallest absolute Gasteiger partial charge is 0.336 e. The van der Waals surface area contributed by atoms with E-state index in [9.17, 15) is 18.0 Å². The van der Waals surface area contributed by atoms with Gasteiger partial charge in [-0.3, -0.25) is 14.4 Å². The molecule has 0 saturated carbocycles. The number of piperazine rings is 1. The van der Waals surface area contributed by atoms with Crippen molar-refractivity contribution in [2.45, 2.75) is 12.8 Å². The van der Waals surface area contributed by atoms with Crippen LogP contribution in [0.4, 0.5) is 13.2 Å². The molecule has 134 valence electrons. The lowest BCUT2D eigenvalue weighted by Crippen LogP contribution is -2.49. The predicted octanol–water partition coefficient (Wildman–Crippen LogP) is 2.97. The van der Waals surface area contributed by atoms with Crippen LogP contribution in [0, 0.1) is 0 Å². The largest absolute Gasteiger partial charge is 0.416 e. The zero-order valence-electron chi connectivity index (χ0n) is 13.2. The molecule has 1 saturated heterocycles. The highest BCUT2D eigenvalue weighted by molar-refractivity contribution is 6.30. The molecule has 0 atom stereocenters. The third-order valence-electron chi connectivity index (χ3n) is 4.07. The number of hydrogen-bond acceptors (Lipinski definition) is 3. The van der Waals surface area contributed by atoms with Gasteiger partial charge in [-0.1, -0.05) is 11.6 Å². The number of hydrogen-bond donors (Lipinski definition) is 0. The Morgan fingerprint density at radius 2 is 1.76 bits per heavy atom. The minimum absolute atomic E-state index is 0.254. The molecule has 1 fully saturated rings. The van der Waals surface area contributed by atoms with Crippen molar-refractivity contribution in [2.75, 3.05) is 26.2 Å². The molecule has 1 aromatic heterocycles. The summed E-state index contributed by atoms with van der Waals surface area (Å²) in [6, 6.07) is 4.32. The molecule has 2 heterocycles. The highest BCUT2D eigenvalue weighted by Gasteiger charge is 2.30. The van der Waals surface area contributed by atoms with Crippen LogP contribution in [-0.2, 0) is 12.8 Å². The molecule has 0 aliphatic carbocycles. The Bertz CT molecular complexity index is 737. The minimum atomic E-state index is -4.40. The number of rotatable bonds is 3. The molecule has 2 aromatic rings. The molecule has 3 rings (SSSR count). The maximum Gasteiger partial charge on any atom is 0.416 e. The zero-order chi connectivity index (χ0) is 18.0. The van der Waals surface area contributed by atoms with Crippen molar-refractivity contribution in [3.8, 4) is 0 Å². The Kier molecular flexibility index (Phi) is 5.01. The van der Waals surface area contributed by atoms with E-state index in [1.54, 1.807) is 22.0 Å². The van der Waals surface area contributed by atoms with E-state index in [1.807, 2.05) is 0 Å². The first kappa shape index (κ1) is 17.8. The van der Waals surface area contributed by atoms with Crippen LogP contribution >= 0.6 is 11.6 Å². The van der Waals surface area contributed by atoms with Crippen LogP contribution in [-0.4, -0.2) is 51.7 Å². The van der Waals surface area contributed by atoms with Crippen LogP contribution in [0.15, 0.2) is 36.7 Å². The van der Waals surface area contributed by atoms with Crippen molar-refractivity contribution < 1.29 is 18.0 Å². The molecule has 0 N–H and O–H groups in total. The van der Waals surface area contributed by atoms with Crippen molar-refractivity contribution in [3.05, 3.63) is 52.8 Å². The average Bonchev–Trinajstić information content (AvgIpc) is 2.99. The van der Waals surface area contributed by atoms with Crippen molar-refractivity contribution in [1.82, 2.24) is 19.6 Å². The Hall–Kier alpha value is -2.06. The van der Waals surface area contributed by atoms with E-state index in [-0.39, 0.29) is 11.5 Å². The number of benzene rings is 1.